The predicted molar refractivity (Wildman–Crippen MR) is 104 cm³/mol. The average Bonchev–Trinajstić information content (AvgIpc) is 2.91. The van der Waals surface area contributed by atoms with Crippen LogP contribution in [-0.2, 0) is 4.79 Å². The van der Waals surface area contributed by atoms with Crippen molar-refractivity contribution in [3.8, 4) is 0 Å². The second-order valence-corrected chi connectivity index (χ2v) is 8.41. The number of benzene rings is 1. The molecule has 0 bridgehead atoms. The van der Waals surface area contributed by atoms with Crippen molar-refractivity contribution in [1.82, 2.24) is 15.1 Å². The molecule has 2 aliphatic heterocycles. The van der Waals surface area contributed by atoms with Gasteiger partial charge in [0.15, 0.2) is 0 Å². The number of hydrogen-bond donors (Lipinski definition) is 1. The summed E-state index contributed by atoms with van der Waals surface area (Å²) in [7, 11) is 0. The lowest BCUT2D eigenvalue weighted by atomic mass is 10.0. The number of nitrogens with one attached hydrogen (secondary N) is 1. The maximum absolute atomic E-state index is 12.7. The number of carbonyl (C=O) groups excluding carboxylic acids is 4. The van der Waals surface area contributed by atoms with Gasteiger partial charge in [-0.25, -0.2) is 0 Å². The first kappa shape index (κ1) is 20.3. The van der Waals surface area contributed by atoms with Crippen LogP contribution >= 0.6 is 11.6 Å². The summed E-state index contributed by atoms with van der Waals surface area (Å²) in [4.78, 5) is 52.4. The third kappa shape index (κ3) is 3.76. The van der Waals surface area contributed by atoms with E-state index in [0.29, 0.717) is 37.1 Å². The highest BCUT2D eigenvalue weighted by Gasteiger charge is 2.42. The zero-order valence-electron chi connectivity index (χ0n) is 16.3. The molecule has 0 aromatic heterocycles. The topological polar surface area (TPSA) is 86.8 Å². The molecular formula is C20H24ClN3O4. The number of halogens is 1. The van der Waals surface area contributed by atoms with Crippen molar-refractivity contribution >= 4 is 35.2 Å². The Hall–Kier alpha value is -2.41. The standard InChI is InChI=1S/C20H24ClN3O4/c1-20(2,3)24-18(27)14-5-4-12(10-15(14)19(24)28)17(26)22-13-6-8-23(9-7-13)16(25)11-21/h4-5,10,13H,6-9,11H2,1-3H3,(H,22,26). The van der Waals surface area contributed by atoms with E-state index in [4.69, 9.17) is 11.6 Å². The summed E-state index contributed by atoms with van der Waals surface area (Å²) in [6.07, 6.45) is 1.29. The molecule has 0 aliphatic carbocycles. The Balaban J connectivity index is 1.69. The number of imide groups is 1. The number of amides is 4. The highest BCUT2D eigenvalue weighted by molar-refractivity contribution is 6.27. The first-order chi connectivity index (χ1) is 13.1. The number of fused-ring (bicyclic) bond motifs is 1. The molecule has 0 saturated carbocycles. The molecule has 2 aliphatic rings. The Morgan fingerprint density at radius 3 is 2.29 bits per heavy atom. The Bertz CT molecular complexity index is 838. The van der Waals surface area contributed by atoms with Crippen molar-refractivity contribution in [3.63, 3.8) is 0 Å². The lowest BCUT2D eigenvalue weighted by Gasteiger charge is -2.32. The van der Waals surface area contributed by atoms with Crippen LogP contribution in [0.25, 0.3) is 0 Å². The second-order valence-electron chi connectivity index (χ2n) is 8.14. The molecule has 1 saturated heterocycles. The van der Waals surface area contributed by atoms with Gasteiger partial charge >= 0.3 is 0 Å². The Kier molecular flexibility index (Phi) is 5.48. The summed E-state index contributed by atoms with van der Waals surface area (Å²) in [5, 5.41) is 2.95. The van der Waals surface area contributed by atoms with Gasteiger partial charge in [-0.15, -0.1) is 11.6 Å². The fourth-order valence-corrected chi connectivity index (χ4v) is 3.79. The minimum absolute atomic E-state index is 0.0372. The molecular weight excluding hydrogens is 382 g/mol. The molecule has 28 heavy (non-hydrogen) atoms. The number of rotatable bonds is 3. The summed E-state index contributed by atoms with van der Waals surface area (Å²) in [6, 6.07) is 4.54. The van der Waals surface area contributed by atoms with Gasteiger partial charge in [0.2, 0.25) is 5.91 Å². The molecule has 7 nitrogen and oxygen atoms in total. The van der Waals surface area contributed by atoms with E-state index in [9.17, 15) is 19.2 Å². The van der Waals surface area contributed by atoms with Gasteiger partial charge in [-0.3, -0.25) is 24.1 Å². The molecule has 1 aromatic carbocycles. The van der Waals surface area contributed by atoms with Crippen molar-refractivity contribution in [3.05, 3.63) is 34.9 Å². The summed E-state index contributed by atoms with van der Waals surface area (Å²) in [5.41, 5.74) is 0.290. The maximum atomic E-state index is 12.7. The molecule has 3 rings (SSSR count). The van der Waals surface area contributed by atoms with Crippen LogP contribution in [0.2, 0.25) is 0 Å². The maximum Gasteiger partial charge on any atom is 0.262 e. The van der Waals surface area contributed by atoms with Crippen molar-refractivity contribution in [2.24, 2.45) is 0 Å². The summed E-state index contributed by atoms with van der Waals surface area (Å²) < 4.78 is 0. The van der Waals surface area contributed by atoms with Crippen molar-refractivity contribution < 1.29 is 19.2 Å². The second kappa shape index (κ2) is 7.54. The van der Waals surface area contributed by atoms with Crippen molar-refractivity contribution in [2.75, 3.05) is 19.0 Å². The van der Waals surface area contributed by atoms with Gasteiger partial charge in [0.05, 0.1) is 11.1 Å². The van der Waals surface area contributed by atoms with E-state index in [1.165, 1.54) is 17.0 Å². The van der Waals surface area contributed by atoms with E-state index in [1.807, 2.05) is 0 Å². The number of carbonyl (C=O) groups is 4. The van der Waals surface area contributed by atoms with Crippen molar-refractivity contribution in [1.29, 1.82) is 0 Å². The largest absolute Gasteiger partial charge is 0.349 e. The highest BCUT2D eigenvalue weighted by atomic mass is 35.5. The van der Waals surface area contributed by atoms with Gasteiger partial charge in [-0.1, -0.05) is 0 Å². The molecule has 2 heterocycles. The molecule has 1 fully saturated rings. The number of likely N-dealkylation sites (tertiary alicyclic amines) is 1. The van der Waals surface area contributed by atoms with E-state index < -0.39 is 5.54 Å². The minimum atomic E-state index is -0.635. The molecule has 8 heteroatoms. The fourth-order valence-electron chi connectivity index (χ4n) is 3.62. The van der Waals surface area contributed by atoms with Gasteiger partial charge in [-0.05, 0) is 51.8 Å². The van der Waals surface area contributed by atoms with Crippen LogP contribution in [0.4, 0.5) is 0 Å². The molecule has 0 spiro atoms. The van der Waals surface area contributed by atoms with Crippen molar-refractivity contribution in [2.45, 2.75) is 45.2 Å². The minimum Gasteiger partial charge on any atom is -0.349 e. The molecule has 150 valence electrons. The van der Waals surface area contributed by atoms with E-state index >= 15 is 0 Å². The van der Waals surface area contributed by atoms with Crippen LogP contribution < -0.4 is 5.32 Å². The van der Waals surface area contributed by atoms with E-state index in [2.05, 4.69) is 5.32 Å². The predicted octanol–water partition coefficient (Wildman–Crippen LogP) is 2.04. The summed E-state index contributed by atoms with van der Waals surface area (Å²) in [5.74, 6) is -1.15. The summed E-state index contributed by atoms with van der Waals surface area (Å²) >= 11 is 5.58. The quantitative estimate of drug-likeness (QED) is 0.615. The van der Waals surface area contributed by atoms with Gasteiger partial charge in [0, 0.05) is 30.2 Å². The fraction of sp³-hybridized carbons (Fsp3) is 0.500. The zero-order valence-corrected chi connectivity index (χ0v) is 17.0. The molecule has 1 N–H and O–H groups in total. The number of alkyl halides is 1. The normalized spacial score (nSPS) is 17.7. The molecule has 4 amide bonds. The zero-order chi connectivity index (χ0) is 20.6. The van der Waals surface area contributed by atoms with Gasteiger partial charge in [0.25, 0.3) is 17.7 Å². The first-order valence-electron chi connectivity index (χ1n) is 9.31. The number of piperidine rings is 1. The molecule has 0 atom stereocenters. The lowest BCUT2D eigenvalue weighted by molar-refractivity contribution is -0.129. The van der Waals surface area contributed by atoms with E-state index in [-0.39, 0.29) is 41.1 Å². The third-order valence-electron chi connectivity index (χ3n) is 5.12. The van der Waals surface area contributed by atoms with Gasteiger partial charge < -0.3 is 10.2 Å². The van der Waals surface area contributed by atoms with Crippen LogP contribution in [0, 0.1) is 0 Å². The van der Waals surface area contributed by atoms with Gasteiger partial charge in [-0.2, -0.15) is 0 Å². The summed E-state index contributed by atoms with van der Waals surface area (Å²) in [6.45, 7) is 6.49. The van der Waals surface area contributed by atoms with Crippen LogP contribution in [0.3, 0.4) is 0 Å². The highest BCUT2D eigenvalue weighted by Crippen LogP contribution is 2.30. The van der Waals surface area contributed by atoms with Crippen LogP contribution in [0.1, 0.15) is 64.7 Å². The SMILES string of the molecule is CC(C)(C)N1C(=O)c2ccc(C(=O)NC3CCN(C(=O)CCl)CC3)cc2C1=O. The first-order valence-corrected chi connectivity index (χ1v) is 9.84. The molecule has 1 aromatic rings. The smallest absolute Gasteiger partial charge is 0.262 e. The van der Waals surface area contributed by atoms with Crippen LogP contribution in [0.15, 0.2) is 18.2 Å². The van der Waals surface area contributed by atoms with E-state index in [0.717, 1.165) is 0 Å². The monoisotopic (exact) mass is 405 g/mol. The Morgan fingerprint density at radius 2 is 1.71 bits per heavy atom. The number of hydrogen-bond acceptors (Lipinski definition) is 4. The van der Waals surface area contributed by atoms with E-state index in [1.54, 1.807) is 31.7 Å². The third-order valence-corrected chi connectivity index (χ3v) is 5.35. The Labute approximate surface area is 169 Å². The van der Waals surface area contributed by atoms with Gasteiger partial charge in [0.1, 0.15) is 5.88 Å². The van der Waals surface area contributed by atoms with Crippen LogP contribution in [0.5, 0.6) is 0 Å². The van der Waals surface area contributed by atoms with Crippen LogP contribution in [-0.4, -0.2) is 64.0 Å². The number of nitrogens with zero attached hydrogens (tertiary/aromatic N) is 2. The lowest BCUT2D eigenvalue weighted by Crippen LogP contribution is -2.46. The molecule has 0 unspecified atom stereocenters. The average molecular weight is 406 g/mol. The molecule has 0 radical (unpaired) electrons. The Morgan fingerprint density at radius 1 is 1.11 bits per heavy atom.